The van der Waals surface area contributed by atoms with E-state index in [0.29, 0.717) is 32.2 Å². The number of aromatic nitrogens is 2. The third-order valence-electron chi connectivity index (χ3n) is 4.19. The number of nitrogens with zero attached hydrogens (tertiary/aromatic N) is 2. The lowest BCUT2D eigenvalue weighted by Crippen LogP contribution is -2.42. The van der Waals surface area contributed by atoms with Gasteiger partial charge >= 0.3 is 0 Å². The number of rotatable bonds is 7. The summed E-state index contributed by atoms with van der Waals surface area (Å²) in [6.45, 7) is 8.16. The molecular formula is C15H27N3O2. The molecule has 0 aromatic carbocycles. The Morgan fingerprint density at radius 3 is 2.40 bits per heavy atom. The lowest BCUT2D eigenvalue weighted by molar-refractivity contribution is -0.122. The maximum Gasteiger partial charge on any atom is 0.220 e. The molecule has 5 nitrogen and oxygen atoms in total. The molecule has 1 aromatic heterocycles. The average molecular weight is 281 g/mol. The molecule has 0 radical (unpaired) electrons. The largest absolute Gasteiger partial charge is 0.388 e. The van der Waals surface area contributed by atoms with Gasteiger partial charge in [-0.2, -0.15) is 5.10 Å². The summed E-state index contributed by atoms with van der Waals surface area (Å²) >= 11 is 0. The Balaban J connectivity index is 2.48. The Hall–Kier alpha value is -1.36. The predicted molar refractivity (Wildman–Crippen MR) is 79.5 cm³/mol. The van der Waals surface area contributed by atoms with Crippen molar-refractivity contribution in [3.05, 3.63) is 17.0 Å². The van der Waals surface area contributed by atoms with E-state index in [2.05, 4.69) is 10.4 Å². The Morgan fingerprint density at radius 2 is 1.95 bits per heavy atom. The van der Waals surface area contributed by atoms with Crippen LogP contribution in [0.2, 0.25) is 0 Å². The fourth-order valence-electron chi connectivity index (χ4n) is 2.27. The van der Waals surface area contributed by atoms with Crippen LogP contribution in [0.3, 0.4) is 0 Å². The fourth-order valence-corrected chi connectivity index (χ4v) is 2.27. The highest BCUT2D eigenvalue weighted by atomic mass is 16.3. The normalized spacial score (nSPS) is 11.7. The second-order valence-electron chi connectivity index (χ2n) is 5.48. The van der Waals surface area contributed by atoms with Gasteiger partial charge in [-0.25, -0.2) is 0 Å². The average Bonchev–Trinajstić information content (AvgIpc) is 2.67. The molecule has 0 bridgehead atoms. The standard InChI is InChI=1S/C15H27N3O2/c1-6-15(20,7-2)10-16-14(19)9-8-13-11(3)17-18(5)12(13)4/h20H,6-10H2,1-5H3,(H,16,19). The quantitative estimate of drug-likeness (QED) is 0.798. The van der Waals surface area contributed by atoms with Gasteiger partial charge in [-0.1, -0.05) is 13.8 Å². The minimum absolute atomic E-state index is 0.0204. The summed E-state index contributed by atoms with van der Waals surface area (Å²) in [5.74, 6) is -0.0204. The molecule has 0 aliphatic heterocycles. The monoisotopic (exact) mass is 281 g/mol. The lowest BCUT2D eigenvalue weighted by Gasteiger charge is -2.25. The molecule has 20 heavy (non-hydrogen) atoms. The van der Waals surface area contributed by atoms with Crippen LogP contribution >= 0.6 is 0 Å². The third-order valence-corrected chi connectivity index (χ3v) is 4.19. The van der Waals surface area contributed by atoms with Gasteiger partial charge in [0.2, 0.25) is 5.91 Å². The molecule has 1 aromatic rings. The van der Waals surface area contributed by atoms with Crippen LogP contribution in [-0.4, -0.2) is 32.9 Å². The molecule has 0 saturated carbocycles. The van der Waals surface area contributed by atoms with E-state index < -0.39 is 5.60 Å². The summed E-state index contributed by atoms with van der Waals surface area (Å²) in [7, 11) is 1.91. The van der Waals surface area contributed by atoms with Crippen LogP contribution in [0, 0.1) is 13.8 Å². The SMILES string of the molecule is CCC(O)(CC)CNC(=O)CCc1c(C)nn(C)c1C. The highest BCUT2D eigenvalue weighted by molar-refractivity contribution is 5.76. The molecule has 0 fully saturated rings. The van der Waals surface area contributed by atoms with Gasteiger partial charge in [-0.05, 0) is 38.7 Å². The first-order chi connectivity index (χ1) is 9.33. The van der Waals surface area contributed by atoms with Gasteiger partial charge in [-0.3, -0.25) is 9.48 Å². The summed E-state index contributed by atoms with van der Waals surface area (Å²) in [5, 5.41) is 17.3. The van der Waals surface area contributed by atoms with Crippen molar-refractivity contribution in [3.63, 3.8) is 0 Å². The van der Waals surface area contributed by atoms with Crippen LogP contribution in [0.1, 0.15) is 50.1 Å². The van der Waals surface area contributed by atoms with Crippen molar-refractivity contribution in [1.29, 1.82) is 0 Å². The van der Waals surface area contributed by atoms with E-state index in [1.807, 2.05) is 39.4 Å². The number of carbonyl (C=O) groups is 1. The zero-order chi connectivity index (χ0) is 15.3. The van der Waals surface area contributed by atoms with Crippen LogP contribution in [0.15, 0.2) is 0 Å². The molecule has 2 N–H and O–H groups in total. The van der Waals surface area contributed by atoms with Crippen molar-refractivity contribution in [2.24, 2.45) is 7.05 Å². The molecule has 0 spiro atoms. The van der Waals surface area contributed by atoms with Gasteiger partial charge in [0.15, 0.2) is 0 Å². The smallest absolute Gasteiger partial charge is 0.220 e. The van der Waals surface area contributed by atoms with Gasteiger partial charge in [0.25, 0.3) is 0 Å². The number of aryl methyl sites for hydroxylation is 2. The first-order valence-corrected chi connectivity index (χ1v) is 7.31. The minimum Gasteiger partial charge on any atom is -0.388 e. The fraction of sp³-hybridized carbons (Fsp3) is 0.733. The van der Waals surface area contributed by atoms with Crippen molar-refractivity contribution in [3.8, 4) is 0 Å². The first kappa shape index (κ1) is 16.7. The molecule has 0 unspecified atom stereocenters. The van der Waals surface area contributed by atoms with E-state index in [1.165, 1.54) is 0 Å². The zero-order valence-corrected chi connectivity index (χ0v) is 13.3. The maximum atomic E-state index is 11.9. The Kier molecular flexibility index (Phi) is 5.74. The highest BCUT2D eigenvalue weighted by Gasteiger charge is 2.22. The molecule has 1 heterocycles. The van der Waals surface area contributed by atoms with Crippen LogP contribution in [0.25, 0.3) is 0 Å². The molecule has 114 valence electrons. The van der Waals surface area contributed by atoms with Gasteiger partial charge in [-0.15, -0.1) is 0 Å². The summed E-state index contributed by atoms with van der Waals surface area (Å²) in [6.07, 6.45) is 2.40. The maximum absolute atomic E-state index is 11.9. The lowest BCUT2D eigenvalue weighted by atomic mass is 9.97. The summed E-state index contributed by atoms with van der Waals surface area (Å²) in [4.78, 5) is 11.9. The van der Waals surface area contributed by atoms with E-state index in [1.54, 1.807) is 0 Å². The zero-order valence-electron chi connectivity index (χ0n) is 13.3. The molecule has 0 aliphatic rings. The van der Waals surface area contributed by atoms with Crippen molar-refractivity contribution in [2.45, 2.75) is 59.0 Å². The highest BCUT2D eigenvalue weighted by Crippen LogP contribution is 2.15. The molecule has 1 amide bonds. The molecule has 1 rings (SSSR count). The van der Waals surface area contributed by atoms with E-state index >= 15 is 0 Å². The number of amides is 1. The number of aliphatic hydroxyl groups is 1. The van der Waals surface area contributed by atoms with Crippen molar-refractivity contribution in [1.82, 2.24) is 15.1 Å². The predicted octanol–water partition coefficient (Wildman–Crippen LogP) is 1.64. The van der Waals surface area contributed by atoms with Gasteiger partial charge in [0.05, 0.1) is 11.3 Å². The second kappa shape index (κ2) is 6.88. The van der Waals surface area contributed by atoms with Crippen LogP contribution in [0.4, 0.5) is 0 Å². The Bertz CT molecular complexity index is 462. The number of nitrogens with one attached hydrogen (secondary N) is 1. The van der Waals surface area contributed by atoms with Crippen molar-refractivity contribution < 1.29 is 9.90 Å². The molecule has 0 aliphatic carbocycles. The van der Waals surface area contributed by atoms with Gasteiger partial charge < -0.3 is 10.4 Å². The summed E-state index contributed by atoms with van der Waals surface area (Å²) < 4.78 is 1.84. The van der Waals surface area contributed by atoms with Crippen LogP contribution in [-0.2, 0) is 18.3 Å². The summed E-state index contributed by atoms with van der Waals surface area (Å²) in [5.41, 5.74) is 2.45. The van der Waals surface area contributed by atoms with Gasteiger partial charge in [0.1, 0.15) is 0 Å². The minimum atomic E-state index is -0.782. The van der Waals surface area contributed by atoms with Gasteiger partial charge in [0, 0.05) is 25.7 Å². The van der Waals surface area contributed by atoms with E-state index in [9.17, 15) is 9.90 Å². The third kappa shape index (κ3) is 4.07. The molecule has 0 saturated heterocycles. The first-order valence-electron chi connectivity index (χ1n) is 7.31. The Labute approximate surface area is 121 Å². The van der Waals surface area contributed by atoms with Crippen LogP contribution < -0.4 is 5.32 Å². The Morgan fingerprint density at radius 1 is 1.35 bits per heavy atom. The topological polar surface area (TPSA) is 67.2 Å². The molecule has 5 heteroatoms. The molecular weight excluding hydrogens is 254 g/mol. The van der Waals surface area contributed by atoms with Crippen LogP contribution in [0.5, 0.6) is 0 Å². The number of hydrogen-bond donors (Lipinski definition) is 2. The van der Waals surface area contributed by atoms with E-state index in [4.69, 9.17) is 0 Å². The summed E-state index contributed by atoms with van der Waals surface area (Å²) in [6, 6.07) is 0. The number of carbonyl (C=O) groups excluding carboxylic acids is 1. The van der Waals surface area contributed by atoms with E-state index in [-0.39, 0.29) is 5.91 Å². The van der Waals surface area contributed by atoms with Crippen molar-refractivity contribution >= 4 is 5.91 Å². The van der Waals surface area contributed by atoms with Crippen molar-refractivity contribution in [2.75, 3.05) is 6.54 Å². The van der Waals surface area contributed by atoms with E-state index in [0.717, 1.165) is 17.0 Å². The molecule has 0 atom stereocenters. The number of hydrogen-bond acceptors (Lipinski definition) is 3. The second-order valence-corrected chi connectivity index (χ2v) is 5.48.